The number of hydrogen-bond donors (Lipinski definition) is 0. The molecule has 0 saturated heterocycles. The van der Waals surface area contributed by atoms with Gasteiger partial charge in [0.05, 0.1) is 0 Å². The topological polar surface area (TPSA) is 27.1 Å². The molecule has 3 nitrogen and oxygen atoms in total. The molecule has 0 N–H and O–H groups in total. The average Bonchev–Trinajstić information content (AvgIpc) is 2.74. The van der Waals surface area contributed by atoms with Crippen LogP contribution in [0.3, 0.4) is 0 Å². The Kier molecular flexibility index (Phi) is 5.94. The summed E-state index contributed by atoms with van der Waals surface area (Å²) in [6.45, 7) is -0.895. The van der Waals surface area contributed by atoms with Gasteiger partial charge in [0.25, 0.3) is 0 Å². The van der Waals surface area contributed by atoms with Crippen LogP contribution in [0.1, 0.15) is 12.5 Å². The van der Waals surface area contributed by atoms with Crippen molar-refractivity contribution in [3.05, 3.63) is 33.8 Å². The van der Waals surface area contributed by atoms with Crippen LogP contribution >= 0.6 is 35.0 Å². The molecule has 0 amide bonds. The second kappa shape index (κ2) is 7.53. The van der Waals surface area contributed by atoms with E-state index in [1.807, 2.05) is 6.07 Å². The van der Waals surface area contributed by atoms with Gasteiger partial charge in [-0.2, -0.15) is 25.6 Å². The van der Waals surface area contributed by atoms with E-state index >= 15 is 0 Å². The Hall–Kier alpha value is -0.980. The normalized spacial score (nSPS) is 11.2. The van der Waals surface area contributed by atoms with Gasteiger partial charge in [-0.1, -0.05) is 36.2 Å². The van der Waals surface area contributed by atoms with E-state index < -0.39 is 6.61 Å². The van der Waals surface area contributed by atoms with Crippen molar-refractivity contribution in [2.45, 2.75) is 19.3 Å². The maximum Gasteiger partial charge on any atom is 0.388 e. The first-order chi connectivity index (χ1) is 10.4. The Labute approximate surface area is 141 Å². The lowest BCUT2D eigenvalue weighted by molar-refractivity contribution is -0.0552. The van der Waals surface area contributed by atoms with Crippen molar-refractivity contribution >= 4 is 35.0 Å². The third-order valence-electron chi connectivity index (χ3n) is 2.92. The highest BCUT2D eigenvalue weighted by atomic mass is 35.5. The Morgan fingerprint density at radius 1 is 1.36 bits per heavy atom. The van der Waals surface area contributed by atoms with Crippen molar-refractivity contribution in [3.63, 3.8) is 0 Å². The van der Waals surface area contributed by atoms with Gasteiger partial charge in [0.2, 0.25) is 5.88 Å². The molecule has 0 aliphatic carbocycles. The lowest BCUT2D eigenvalue weighted by Crippen LogP contribution is -2.06. The van der Waals surface area contributed by atoms with Crippen LogP contribution in [0.15, 0.2) is 18.2 Å². The third-order valence-corrected chi connectivity index (χ3v) is 4.55. The molecule has 0 spiro atoms. The number of alkyl halides is 2. The standard InChI is InChI=1S/C14H14Cl2F2N2OS/c1-3-22-7-9-6-8(4-5-10(9)15)12-11(16)13(20(2)19-12)21-14(17)18/h4-6,14H,3,7H2,1-2H3. The van der Waals surface area contributed by atoms with E-state index in [0.717, 1.165) is 17.1 Å². The minimum absolute atomic E-state index is 0.0548. The molecular formula is C14H14Cl2F2N2OS. The molecule has 120 valence electrons. The predicted octanol–water partition coefficient (Wildman–Crippen LogP) is 5.25. The summed E-state index contributed by atoms with van der Waals surface area (Å²) in [6.07, 6.45) is 0. The van der Waals surface area contributed by atoms with Crippen LogP contribution in [0, 0.1) is 0 Å². The van der Waals surface area contributed by atoms with Gasteiger partial charge in [0.1, 0.15) is 10.7 Å². The Morgan fingerprint density at radius 3 is 2.73 bits per heavy atom. The van der Waals surface area contributed by atoms with E-state index in [1.54, 1.807) is 23.9 Å². The molecule has 2 rings (SSSR count). The molecular weight excluding hydrogens is 353 g/mol. The zero-order valence-electron chi connectivity index (χ0n) is 11.9. The number of halogens is 4. The van der Waals surface area contributed by atoms with Gasteiger partial charge in [0.15, 0.2) is 0 Å². The first kappa shape index (κ1) is 17.4. The Morgan fingerprint density at radius 2 is 2.09 bits per heavy atom. The van der Waals surface area contributed by atoms with E-state index in [9.17, 15) is 8.78 Å². The highest BCUT2D eigenvalue weighted by Crippen LogP contribution is 2.37. The van der Waals surface area contributed by atoms with E-state index in [1.165, 1.54) is 11.7 Å². The number of rotatable bonds is 6. The van der Waals surface area contributed by atoms with E-state index in [4.69, 9.17) is 23.2 Å². The number of ether oxygens (including phenoxy) is 1. The minimum atomic E-state index is -2.96. The first-order valence-corrected chi connectivity index (χ1v) is 8.39. The van der Waals surface area contributed by atoms with Crippen LogP contribution < -0.4 is 4.74 Å². The molecule has 0 atom stereocenters. The fourth-order valence-corrected chi connectivity index (χ4v) is 3.16. The smallest absolute Gasteiger partial charge is 0.388 e. The summed E-state index contributed by atoms with van der Waals surface area (Å²) in [4.78, 5) is 0. The summed E-state index contributed by atoms with van der Waals surface area (Å²) in [6, 6.07) is 5.37. The fourth-order valence-electron chi connectivity index (χ4n) is 1.92. The van der Waals surface area contributed by atoms with Gasteiger partial charge in [0, 0.05) is 23.4 Å². The van der Waals surface area contributed by atoms with E-state index in [2.05, 4.69) is 16.8 Å². The molecule has 1 aromatic carbocycles. The van der Waals surface area contributed by atoms with Crippen molar-refractivity contribution in [3.8, 4) is 17.1 Å². The maximum atomic E-state index is 12.4. The number of benzene rings is 1. The number of aromatic nitrogens is 2. The average molecular weight is 367 g/mol. The largest absolute Gasteiger partial charge is 0.416 e. The Balaban J connectivity index is 2.40. The predicted molar refractivity (Wildman–Crippen MR) is 87.1 cm³/mol. The quantitative estimate of drug-likeness (QED) is 0.698. The molecule has 0 aliphatic heterocycles. The number of hydrogen-bond acceptors (Lipinski definition) is 3. The summed E-state index contributed by atoms with van der Waals surface area (Å²) < 4.78 is 30.4. The van der Waals surface area contributed by atoms with Gasteiger partial charge in [-0.25, -0.2) is 4.68 Å². The lowest BCUT2D eigenvalue weighted by atomic mass is 10.1. The van der Waals surface area contributed by atoms with E-state index in [0.29, 0.717) is 16.3 Å². The van der Waals surface area contributed by atoms with Gasteiger partial charge < -0.3 is 4.74 Å². The fraction of sp³-hybridized carbons (Fsp3) is 0.357. The molecule has 0 unspecified atom stereocenters. The second-order valence-electron chi connectivity index (χ2n) is 4.41. The van der Waals surface area contributed by atoms with Crippen molar-refractivity contribution in [1.82, 2.24) is 9.78 Å². The molecule has 2 aromatic rings. The summed E-state index contributed by atoms with van der Waals surface area (Å²) in [7, 11) is 1.50. The number of nitrogens with zero attached hydrogens (tertiary/aromatic N) is 2. The SMILES string of the molecule is CCSCc1cc(-c2nn(C)c(OC(F)F)c2Cl)ccc1Cl. The van der Waals surface area contributed by atoms with Crippen LogP contribution in [0.5, 0.6) is 5.88 Å². The molecule has 1 heterocycles. The van der Waals surface area contributed by atoms with Gasteiger partial charge in [-0.05, 0) is 23.4 Å². The van der Waals surface area contributed by atoms with Gasteiger partial charge in [-0.3, -0.25) is 0 Å². The summed E-state index contributed by atoms with van der Waals surface area (Å²) in [5.41, 5.74) is 2.05. The molecule has 1 aromatic heterocycles. The third kappa shape index (κ3) is 3.86. The molecule has 22 heavy (non-hydrogen) atoms. The first-order valence-electron chi connectivity index (χ1n) is 6.47. The van der Waals surface area contributed by atoms with Gasteiger partial charge in [-0.15, -0.1) is 0 Å². The van der Waals surface area contributed by atoms with E-state index in [-0.39, 0.29) is 10.9 Å². The molecule has 0 bridgehead atoms. The molecule has 0 fully saturated rings. The second-order valence-corrected chi connectivity index (χ2v) is 6.47. The highest BCUT2D eigenvalue weighted by molar-refractivity contribution is 7.98. The van der Waals surface area contributed by atoms with Gasteiger partial charge >= 0.3 is 6.61 Å². The molecule has 0 radical (unpaired) electrons. The monoisotopic (exact) mass is 366 g/mol. The molecule has 0 saturated carbocycles. The zero-order valence-corrected chi connectivity index (χ0v) is 14.3. The zero-order chi connectivity index (χ0) is 16.3. The number of aryl methyl sites for hydroxylation is 1. The maximum absolute atomic E-state index is 12.4. The summed E-state index contributed by atoms with van der Waals surface area (Å²) >= 11 is 14.0. The van der Waals surface area contributed by atoms with Crippen LogP contribution in [0.25, 0.3) is 11.3 Å². The van der Waals surface area contributed by atoms with Crippen LogP contribution in [0.4, 0.5) is 8.78 Å². The molecule has 0 aliphatic rings. The van der Waals surface area contributed by atoms with Crippen molar-refractivity contribution in [1.29, 1.82) is 0 Å². The Bertz CT molecular complexity index is 665. The summed E-state index contributed by atoms with van der Waals surface area (Å²) in [5.74, 6) is 1.57. The van der Waals surface area contributed by atoms with Crippen LogP contribution in [-0.2, 0) is 12.8 Å². The lowest BCUT2D eigenvalue weighted by Gasteiger charge is -2.06. The summed E-state index contributed by atoms with van der Waals surface area (Å²) in [5, 5.41) is 4.87. The highest BCUT2D eigenvalue weighted by Gasteiger charge is 2.20. The van der Waals surface area contributed by atoms with Crippen molar-refractivity contribution < 1.29 is 13.5 Å². The van der Waals surface area contributed by atoms with Crippen molar-refractivity contribution in [2.24, 2.45) is 7.05 Å². The van der Waals surface area contributed by atoms with Crippen LogP contribution in [-0.4, -0.2) is 22.1 Å². The molecule has 8 heteroatoms. The van der Waals surface area contributed by atoms with Crippen molar-refractivity contribution in [2.75, 3.05) is 5.75 Å². The minimum Gasteiger partial charge on any atom is -0.416 e. The number of thioether (sulfide) groups is 1. The van der Waals surface area contributed by atoms with Crippen LogP contribution in [0.2, 0.25) is 10.0 Å².